The maximum atomic E-state index is 15.4. The summed E-state index contributed by atoms with van der Waals surface area (Å²) in [5.74, 6) is -0.998. The molecule has 2 heterocycles. The number of nitrogens with one attached hydrogen (secondary N) is 1. The highest BCUT2D eigenvalue weighted by atomic mass is 19.3. The molecule has 0 aliphatic heterocycles. The molecule has 0 saturated heterocycles. The molecular weight excluding hydrogens is 409 g/mol. The molecule has 0 fully saturated rings. The zero-order valence-corrected chi connectivity index (χ0v) is 16.2. The van der Waals surface area contributed by atoms with Crippen molar-refractivity contribution in [3.8, 4) is 23.3 Å². The number of nitrogens with zero attached hydrogens (tertiary/aromatic N) is 3. The van der Waals surface area contributed by atoms with Crippen LogP contribution in [0.3, 0.4) is 0 Å². The number of nitriles is 1. The lowest BCUT2D eigenvalue weighted by Gasteiger charge is -2.15. The van der Waals surface area contributed by atoms with Gasteiger partial charge < -0.3 is 9.47 Å². The average Bonchev–Trinajstić information content (AvgIpc) is 3.19. The van der Waals surface area contributed by atoms with Gasteiger partial charge in [0.2, 0.25) is 5.75 Å². The predicted molar refractivity (Wildman–Crippen MR) is 106 cm³/mol. The average molecular weight is 424 g/mol. The van der Waals surface area contributed by atoms with E-state index < -0.39 is 17.8 Å². The summed E-state index contributed by atoms with van der Waals surface area (Å²) in [5, 5.41) is 16.8. The summed E-state index contributed by atoms with van der Waals surface area (Å²) in [6.07, 6.45) is -1.04. The van der Waals surface area contributed by atoms with Crippen LogP contribution in [0.5, 0.6) is 17.2 Å². The van der Waals surface area contributed by atoms with Crippen molar-refractivity contribution in [2.45, 2.75) is 12.8 Å². The van der Waals surface area contributed by atoms with E-state index in [1.54, 1.807) is 24.4 Å². The summed E-state index contributed by atoms with van der Waals surface area (Å²) in [7, 11) is 1.34. The third-order valence-electron chi connectivity index (χ3n) is 4.67. The fourth-order valence-corrected chi connectivity index (χ4v) is 3.19. The molecule has 0 spiro atoms. The molecule has 4 aromatic rings. The van der Waals surface area contributed by atoms with Crippen LogP contribution in [0.15, 0.2) is 48.7 Å². The largest absolute Gasteiger partial charge is 0.493 e. The van der Waals surface area contributed by atoms with Crippen molar-refractivity contribution < 1.29 is 22.6 Å². The molecule has 6 nitrogen and oxygen atoms in total. The van der Waals surface area contributed by atoms with Crippen LogP contribution >= 0.6 is 0 Å². The molecule has 31 heavy (non-hydrogen) atoms. The molecule has 1 N–H and O–H groups in total. The zero-order chi connectivity index (χ0) is 22.0. The lowest BCUT2D eigenvalue weighted by atomic mass is 10.1. The van der Waals surface area contributed by atoms with Gasteiger partial charge in [-0.15, -0.1) is 0 Å². The van der Waals surface area contributed by atoms with E-state index in [-0.39, 0.29) is 34.8 Å². The Hall–Kier alpha value is -4.06. The van der Waals surface area contributed by atoms with Gasteiger partial charge in [-0.05, 0) is 42.0 Å². The minimum Gasteiger partial charge on any atom is -0.493 e. The first kappa shape index (κ1) is 20.2. The molecule has 0 aliphatic carbocycles. The van der Waals surface area contributed by atoms with Gasteiger partial charge in [-0.1, -0.05) is 6.07 Å². The third-order valence-corrected chi connectivity index (χ3v) is 4.67. The van der Waals surface area contributed by atoms with E-state index >= 15 is 4.39 Å². The number of methoxy groups -OCH3 is 1. The van der Waals surface area contributed by atoms with Crippen LogP contribution in [0.1, 0.15) is 28.8 Å². The van der Waals surface area contributed by atoms with Crippen LogP contribution in [0.2, 0.25) is 0 Å². The molecule has 0 atom stereocenters. The molecule has 156 valence electrons. The lowest BCUT2D eigenvalue weighted by molar-refractivity contribution is 0.151. The fraction of sp³-hybridized carbons (Fsp3) is 0.136. The maximum absolute atomic E-state index is 15.4. The molecule has 0 saturated carbocycles. The molecule has 2 aromatic heterocycles. The fourth-order valence-electron chi connectivity index (χ4n) is 3.19. The molecule has 0 unspecified atom stereocenters. The molecule has 0 aliphatic rings. The summed E-state index contributed by atoms with van der Waals surface area (Å²) >= 11 is 0. The number of aromatic amines is 1. The van der Waals surface area contributed by atoms with Crippen molar-refractivity contribution in [2.24, 2.45) is 0 Å². The second-order valence-corrected chi connectivity index (χ2v) is 6.63. The minimum absolute atomic E-state index is 0.0280. The highest BCUT2D eigenvalue weighted by molar-refractivity contribution is 5.77. The Labute approximate surface area is 174 Å². The van der Waals surface area contributed by atoms with Crippen molar-refractivity contribution in [3.63, 3.8) is 0 Å². The molecule has 0 bridgehead atoms. The van der Waals surface area contributed by atoms with Crippen LogP contribution in [0.25, 0.3) is 11.0 Å². The van der Waals surface area contributed by atoms with Crippen molar-refractivity contribution in [1.82, 2.24) is 15.2 Å². The van der Waals surface area contributed by atoms with Gasteiger partial charge in [0, 0.05) is 29.3 Å². The normalized spacial score (nSPS) is 11.0. The number of rotatable bonds is 6. The summed E-state index contributed by atoms with van der Waals surface area (Å²) in [4.78, 5) is 4.14. The number of pyridine rings is 1. The topological polar surface area (TPSA) is 83.8 Å². The highest BCUT2D eigenvalue weighted by Gasteiger charge is 2.20. The molecular formula is C22H15F3N4O2. The van der Waals surface area contributed by atoms with Gasteiger partial charge in [0.15, 0.2) is 17.2 Å². The van der Waals surface area contributed by atoms with Gasteiger partial charge in [-0.2, -0.15) is 10.4 Å². The molecule has 0 amide bonds. The zero-order valence-electron chi connectivity index (χ0n) is 16.2. The quantitative estimate of drug-likeness (QED) is 0.454. The van der Waals surface area contributed by atoms with Gasteiger partial charge in [0.25, 0.3) is 6.43 Å². The second-order valence-electron chi connectivity index (χ2n) is 6.63. The number of alkyl halides is 2. The number of hydrogen-bond donors (Lipinski definition) is 1. The minimum atomic E-state index is -2.81. The van der Waals surface area contributed by atoms with E-state index in [2.05, 4.69) is 15.2 Å². The standard InChI is InChI=1S/C22H15F3N4O2/c1-30-18-5-4-13(10-17-16-3-2-6-27-22(16)29-28-17)19(23)20(18)31-15-8-12(11-26)7-14(9-15)21(24)25/h2-9,21H,10H2,1H3,(H,27,28,29). The van der Waals surface area contributed by atoms with Crippen LogP contribution in [0.4, 0.5) is 13.2 Å². The van der Waals surface area contributed by atoms with E-state index in [0.29, 0.717) is 11.3 Å². The Morgan fingerprint density at radius 1 is 1.19 bits per heavy atom. The number of fused-ring (bicyclic) bond motifs is 1. The van der Waals surface area contributed by atoms with Gasteiger partial charge in [0.05, 0.1) is 18.7 Å². The maximum Gasteiger partial charge on any atom is 0.264 e. The number of ether oxygens (including phenoxy) is 2. The molecule has 4 rings (SSSR count). The van der Waals surface area contributed by atoms with Crippen molar-refractivity contribution >= 4 is 11.0 Å². The van der Waals surface area contributed by atoms with Crippen LogP contribution in [-0.2, 0) is 6.42 Å². The monoisotopic (exact) mass is 424 g/mol. The van der Waals surface area contributed by atoms with E-state index in [0.717, 1.165) is 17.5 Å². The third kappa shape index (κ3) is 4.00. The first-order valence-electron chi connectivity index (χ1n) is 9.14. The van der Waals surface area contributed by atoms with E-state index in [9.17, 15) is 8.78 Å². The van der Waals surface area contributed by atoms with Crippen LogP contribution in [-0.4, -0.2) is 22.3 Å². The molecule has 9 heteroatoms. The van der Waals surface area contributed by atoms with Crippen molar-refractivity contribution in [1.29, 1.82) is 5.26 Å². The van der Waals surface area contributed by atoms with Crippen molar-refractivity contribution in [3.05, 3.63) is 76.9 Å². The van der Waals surface area contributed by atoms with Gasteiger partial charge in [0.1, 0.15) is 5.75 Å². The Morgan fingerprint density at radius 2 is 2.03 bits per heavy atom. The number of halogens is 3. The smallest absolute Gasteiger partial charge is 0.264 e. The number of benzene rings is 2. The van der Waals surface area contributed by atoms with E-state index in [1.165, 1.54) is 19.2 Å². The van der Waals surface area contributed by atoms with Gasteiger partial charge >= 0.3 is 0 Å². The Balaban J connectivity index is 1.73. The summed E-state index contributed by atoms with van der Waals surface area (Å²) < 4.78 is 52.4. The Morgan fingerprint density at radius 3 is 2.77 bits per heavy atom. The number of H-pyrrole nitrogens is 1. The second kappa shape index (κ2) is 8.36. The SMILES string of the molecule is COc1ccc(Cc2[nH]nc3ncccc23)c(F)c1Oc1cc(C#N)cc(C(F)F)c1. The molecule has 2 aromatic carbocycles. The van der Waals surface area contributed by atoms with E-state index in [4.69, 9.17) is 14.7 Å². The summed E-state index contributed by atoms with van der Waals surface area (Å²) in [6.45, 7) is 0. The Bertz CT molecular complexity index is 1300. The molecule has 0 radical (unpaired) electrons. The summed E-state index contributed by atoms with van der Waals surface area (Å²) in [5.41, 5.74) is 1.01. The van der Waals surface area contributed by atoms with E-state index in [1.807, 2.05) is 6.07 Å². The summed E-state index contributed by atoms with van der Waals surface area (Å²) in [6, 6.07) is 11.8. The first-order valence-corrected chi connectivity index (χ1v) is 9.14. The lowest BCUT2D eigenvalue weighted by Crippen LogP contribution is -2.00. The number of aromatic nitrogens is 3. The van der Waals surface area contributed by atoms with Gasteiger partial charge in [-0.25, -0.2) is 18.2 Å². The highest BCUT2D eigenvalue weighted by Crippen LogP contribution is 2.38. The van der Waals surface area contributed by atoms with Crippen LogP contribution in [0, 0.1) is 17.1 Å². The Kier molecular flexibility index (Phi) is 5.45. The first-order chi connectivity index (χ1) is 15.0. The van der Waals surface area contributed by atoms with Crippen molar-refractivity contribution in [2.75, 3.05) is 7.11 Å². The van der Waals surface area contributed by atoms with Crippen LogP contribution < -0.4 is 9.47 Å². The predicted octanol–water partition coefficient (Wildman–Crippen LogP) is 5.30. The number of hydrogen-bond acceptors (Lipinski definition) is 5. The van der Waals surface area contributed by atoms with Gasteiger partial charge in [-0.3, -0.25) is 5.10 Å².